The number of nitrogens with one attached hydrogen (secondary N) is 3. The highest BCUT2D eigenvalue weighted by atomic mass is 32.2. The van der Waals surface area contributed by atoms with E-state index in [1.54, 1.807) is 26.8 Å². The van der Waals surface area contributed by atoms with Crippen molar-refractivity contribution in [1.29, 1.82) is 0 Å². The smallest absolute Gasteiger partial charge is 0.408 e. The summed E-state index contributed by atoms with van der Waals surface area (Å²) in [5.74, 6) is -8.14. The van der Waals surface area contributed by atoms with Crippen LogP contribution in [-0.2, 0) is 35.1 Å². The summed E-state index contributed by atoms with van der Waals surface area (Å²) in [7, 11) is -2.78. The summed E-state index contributed by atoms with van der Waals surface area (Å²) in [5.41, 5.74) is -3.77. The molecular formula is C41H52F4N6O9S. The number of amides is 4. The Morgan fingerprint density at radius 3 is 2.39 bits per heavy atom. The maximum absolute atomic E-state index is 16.5. The third kappa shape index (κ3) is 8.41. The molecule has 8 rings (SSSR count). The van der Waals surface area contributed by atoms with Crippen molar-refractivity contribution in [3.63, 3.8) is 0 Å². The number of sulfonamides is 1. The van der Waals surface area contributed by atoms with E-state index in [4.69, 9.17) is 14.2 Å². The van der Waals surface area contributed by atoms with Crippen molar-refractivity contribution in [1.82, 2.24) is 30.2 Å². The second-order valence-electron chi connectivity index (χ2n) is 18.7. The van der Waals surface area contributed by atoms with Crippen LogP contribution in [0.3, 0.4) is 0 Å². The summed E-state index contributed by atoms with van der Waals surface area (Å²) in [4.78, 5) is 66.2. The third-order valence-corrected chi connectivity index (χ3v) is 15.4. The van der Waals surface area contributed by atoms with Crippen LogP contribution in [0.4, 0.5) is 22.4 Å². The van der Waals surface area contributed by atoms with Gasteiger partial charge in [-0.25, -0.2) is 32.0 Å². The van der Waals surface area contributed by atoms with Crippen molar-refractivity contribution in [2.45, 2.75) is 139 Å². The second-order valence-corrected chi connectivity index (χ2v) is 20.7. The van der Waals surface area contributed by atoms with Crippen LogP contribution in [-0.4, -0.2) is 102 Å². The minimum Gasteiger partial charge on any atom is -0.497 e. The molecule has 6 aliphatic rings. The van der Waals surface area contributed by atoms with Crippen LogP contribution in [0.15, 0.2) is 18.2 Å². The number of carbonyl (C=O) groups excluding carboxylic acids is 4. The zero-order valence-corrected chi connectivity index (χ0v) is 35.2. The molecule has 0 spiro atoms. The predicted octanol–water partition coefficient (Wildman–Crippen LogP) is 4.96. The average Bonchev–Trinajstić information content (AvgIpc) is 4.10. The molecule has 334 valence electrons. The highest BCUT2D eigenvalue weighted by molar-refractivity contribution is 7.91. The van der Waals surface area contributed by atoms with E-state index < -0.39 is 130 Å². The van der Waals surface area contributed by atoms with Gasteiger partial charge in [-0.15, -0.1) is 0 Å². The van der Waals surface area contributed by atoms with Gasteiger partial charge in [0.1, 0.15) is 35.6 Å². The Hall–Kier alpha value is -4.49. The Bertz CT molecular complexity index is 2210. The molecule has 4 aliphatic carbocycles. The van der Waals surface area contributed by atoms with E-state index in [1.165, 1.54) is 19.2 Å². The number of aromatic nitrogens is 2. The number of halogens is 4. The Balaban J connectivity index is 1.16. The number of ether oxygens (including phenoxy) is 3. The molecule has 15 nitrogen and oxygen atoms in total. The van der Waals surface area contributed by atoms with Gasteiger partial charge in [0.25, 0.3) is 11.8 Å². The number of carbonyl (C=O) groups is 4. The van der Waals surface area contributed by atoms with Crippen LogP contribution >= 0.6 is 0 Å². The number of alkyl carbamates (subject to hydrolysis) is 1. The minimum absolute atomic E-state index is 0.0641. The number of hydrogen-bond donors (Lipinski definition) is 3. The van der Waals surface area contributed by atoms with Crippen LogP contribution in [0, 0.1) is 29.1 Å². The average molecular weight is 881 g/mol. The monoisotopic (exact) mass is 880 g/mol. The van der Waals surface area contributed by atoms with Gasteiger partial charge in [0.15, 0.2) is 5.69 Å². The number of alkyl halides is 4. The fourth-order valence-electron chi connectivity index (χ4n) is 9.72. The first kappa shape index (κ1) is 43.2. The number of nitrogens with zero attached hydrogens (tertiary/aromatic N) is 3. The molecule has 3 N–H and O–H groups in total. The van der Waals surface area contributed by atoms with Crippen LogP contribution in [0.1, 0.15) is 97.1 Å². The first-order valence-corrected chi connectivity index (χ1v) is 22.6. The topological polar surface area (TPSA) is 195 Å². The first-order chi connectivity index (χ1) is 28.7. The van der Waals surface area contributed by atoms with Gasteiger partial charge < -0.3 is 29.7 Å². The lowest BCUT2D eigenvalue weighted by atomic mass is 9.71. The summed E-state index contributed by atoms with van der Waals surface area (Å²) in [6, 6.07) is 1.63. The number of benzene rings is 1. The zero-order valence-electron chi connectivity index (χ0n) is 34.4. The molecule has 2 aliphatic heterocycles. The SMILES string of the molecule is COc1ccc2nc3c(nc2c1)O[C@@H]1C[C@@H](C(=O)N[C@]2(C(=O)NS(=O)(=O)C4CC4)C[C@H]2C(F)F)N(C1)C(=O)[C@H](C(C)(C)C)NC(=O)O[C@@H]1C[C@@H]2CC[C@@H]2[C@H]1CCCCC3(F)F. The molecule has 2 bridgehead atoms. The van der Waals surface area contributed by atoms with Crippen molar-refractivity contribution in [2.24, 2.45) is 29.1 Å². The Morgan fingerprint density at radius 2 is 1.75 bits per heavy atom. The Morgan fingerprint density at radius 1 is 1.00 bits per heavy atom. The molecule has 1 aromatic heterocycles. The number of fused-ring (bicyclic) bond motifs is 7. The number of rotatable bonds is 7. The first-order valence-electron chi connectivity index (χ1n) is 21.1. The standard InChI is InChI=1S/C41H52F4N6O9S/c1-39(2,3)32-36(53)51-19-22(17-29(51)34(52)49-40(18-26(40)33(42)43)37(54)50-61(56,57)23-10-11-23)59-35-31(46-27-13-9-21(58-4)16-28(27)47-35)41(44,45)14-6-5-7-25-24-12-8-20(24)15-30(25)60-38(55)48-32/h9,13,16,20,22-26,29-30,32-33H,5-8,10-12,14-15,17-19H2,1-4H3,(H,48,55)(H,49,52)(H,50,54)/t20-,22+,24-,25+,26-,29-,30+,32+,40+/m0/s1. The van der Waals surface area contributed by atoms with Crippen molar-refractivity contribution in [3.05, 3.63) is 23.9 Å². The highest BCUT2D eigenvalue weighted by Gasteiger charge is 2.67. The maximum Gasteiger partial charge on any atom is 0.408 e. The molecule has 5 fully saturated rings. The number of hydrogen-bond acceptors (Lipinski definition) is 11. The molecule has 0 radical (unpaired) electrons. The lowest BCUT2D eigenvalue weighted by Crippen LogP contribution is -2.60. The van der Waals surface area contributed by atoms with Crippen molar-refractivity contribution >= 4 is 44.9 Å². The molecule has 3 heterocycles. The van der Waals surface area contributed by atoms with Crippen LogP contribution in [0.2, 0.25) is 0 Å². The predicted molar refractivity (Wildman–Crippen MR) is 209 cm³/mol. The quantitative estimate of drug-likeness (QED) is 0.319. The van der Waals surface area contributed by atoms with E-state index in [1.807, 2.05) is 4.72 Å². The van der Waals surface area contributed by atoms with Crippen LogP contribution in [0.5, 0.6) is 11.6 Å². The van der Waals surface area contributed by atoms with Crippen molar-refractivity contribution in [2.75, 3.05) is 13.7 Å². The molecule has 0 unspecified atom stereocenters. The molecule has 1 aromatic carbocycles. The van der Waals surface area contributed by atoms with Crippen LogP contribution < -0.4 is 24.8 Å². The van der Waals surface area contributed by atoms with Gasteiger partial charge in [-0.2, -0.15) is 8.78 Å². The largest absolute Gasteiger partial charge is 0.497 e. The Labute approximate surface area is 350 Å². The summed E-state index contributed by atoms with van der Waals surface area (Å²) in [6.07, 6.45) is -3.13. The van der Waals surface area contributed by atoms with E-state index in [0.29, 0.717) is 30.9 Å². The van der Waals surface area contributed by atoms with Gasteiger partial charge in [0.2, 0.25) is 34.1 Å². The fourth-order valence-corrected chi connectivity index (χ4v) is 11.1. The highest BCUT2D eigenvalue weighted by Crippen LogP contribution is 2.53. The van der Waals surface area contributed by atoms with Gasteiger partial charge in [-0.3, -0.25) is 19.1 Å². The van der Waals surface area contributed by atoms with Gasteiger partial charge in [-0.1, -0.05) is 27.2 Å². The molecule has 1 saturated heterocycles. The van der Waals surface area contributed by atoms with Crippen molar-refractivity contribution in [3.8, 4) is 11.6 Å². The summed E-state index contributed by atoms with van der Waals surface area (Å²) in [6.45, 7) is 4.63. The van der Waals surface area contributed by atoms with Crippen LogP contribution in [0.25, 0.3) is 11.0 Å². The van der Waals surface area contributed by atoms with E-state index in [0.717, 1.165) is 17.7 Å². The third-order valence-electron chi connectivity index (χ3n) is 13.5. The zero-order chi connectivity index (χ0) is 43.8. The summed E-state index contributed by atoms with van der Waals surface area (Å²) < 4.78 is 106. The van der Waals surface area contributed by atoms with E-state index in [-0.39, 0.29) is 42.1 Å². The molecule has 2 aromatic rings. The summed E-state index contributed by atoms with van der Waals surface area (Å²) >= 11 is 0. The molecule has 9 atom stereocenters. The van der Waals surface area contributed by atoms with Gasteiger partial charge in [0.05, 0.1) is 35.9 Å². The molecular weight excluding hydrogens is 829 g/mol. The van der Waals surface area contributed by atoms with E-state index in [2.05, 4.69) is 20.6 Å². The number of methoxy groups -OCH3 is 1. The normalized spacial score (nSPS) is 32.8. The van der Waals surface area contributed by atoms with Crippen molar-refractivity contribution < 1.29 is 59.4 Å². The fraction of sp³-hybridized carbons (Fsp3) is 0.707. The van der Waals surface area contributed by atoms with E-state index in [9.17, 15) is 36.4 Å². The van der Waals surface area contributed by atoms with Gasteiger partial charge in [-0.05, 0) is 86.7 Å². The van der Waals surface area contributed by atoms with Gasteiger partial charge in [0, 0.05) is 18.9 Å². The molecule has 20 heteroatoms. The minimum atomic E-state index is -4.21. The van der Waals surface area contributed by atoms with E-state index >= 15 is 8.78 Å². The Kier molecular flexibility index (Phi) is 11.1. The molecule has 4 saturated carbocycles. The lowest BCUT2D eigenvalue weighted by molar-refractivity contribution is -0.143. The maximum atomic E-state index is 16.5. The molecule has 4 amide bonds. The lowest BCUT2D eigenvalue weighted by Gasteiger charge is -2.36. The second kappa shape index (κ2) is 15.7. The summed E-state index contributed by atoms with van der Waals surface area (Å²) in [5, 5.41) is 4.21. The van der Waals surface area contributed by atoms with Gasteiger partial charge >= 0.3 is 6.09 Å². The molecule has 61 heavy (non-hydrogen) atoms.